The van der Waals surface area contributed by atoms with Crippen molar-refractivity contribution in [2.45, 2.75) is 32.1 Å². The van der Waals surface area contributed by atoms with Crippen LogP contribution in [0.2, 0.25) is 0 Å². The summed E-state index contributed by atoms with van der Waals surface area (Å²) in [5.74, 6) is 2.33. The highest BCUT2D eigenvalue weighted by atomic mass is 16.5. The summed E-state index contributed by atoms with van der Waals surface area (Å²) < 4.78 is 11.6. The van der Waals surface area contributed by atoms with E-state index in [1.807, 2.05) is 30.3 Å². The first-order valence-corrected chi connectivity index (χ1v) is 10.1. The number of benzene rings is 3. The minimum Gasteiger partial charge on any atom is -0.497 e. The molecule has 1 saturated carbocycles. The Labute approximate surface area is 166 Å². The first kappa shape index (κ1) is 18.5. The molecular formula is C25H26O3. The van der Waals surface area contributed by atoms with Crippen LogP contribution in [-0.4, -0.2) is 20.0 Å². The molecule has 144 valence electrons. The van der Waals surface area contributed by atoms with Crippen LogP contribution in [0.1, 0.15) is 42.5 Å². The first-order chi connectivity index (χ1) is 13.8. The van der Waals surface area contributed by atoms with E-state index in [0.717, 1.165) is 46.3 Å². The third-order valence-electron chi connectivity index (χ3n) is 5.70. The van der Waals surface area contributed by atoms with E-state index < -0.39 is 0 Å². The second-order valence-corrected chi connectivity index (χ2v) is 7.62. The monoisotopic (exact) mass is 374 g/mol. The smallest absolute Gasteiger partial charge is 0.150 e. The van der Waals surface area contributed by atoms with Crippen molar-refractivity contribution in [3.63, 3.8) is 0 Å². The maximum atomic E-state index is 11.3. The second kappa shape index (κ2) is 8.47. The Kier molecular flexibility index (Phi) is 5.61. The zero-order valence-corrected chi connectivity index (χ0v) is 16.3. The van der Waals surface area contributed by atoms with Crippen molar-refractivity contribution in [2.75, 3.05) is 13.7 Å². The molecule has 0 radical (unpaired) electrons. The molecule has 0 saturated heterocycles. The lowest BCUT2D eigenvalue weighted by atomic mass is 9.90. The van der Waals surface area contributed by atoms with E-state index in [1.165, 1.54) is 32.1 Å². The summed E-state index contributed by atoms with van der Waals surface area (Å²) in [4.78, 5) is 11.3. The fourth-order valence-electron chi connectivity index (χ4n) is 4.05. The summed E-state index contributed by atoms with van der Waals surface area (Å²) in [6, 6.07) is 18.1. The molecule has 0 bridgehead atoms. The quantitative estimate of drug-likeness (QED) is 0.476. The van der Waals surface area contributed by atoms with Gasteiger partial charge in [0.25, 0.3) is 0 Å². The summed E-state index contributed by atoms with van der Waals surface area (Å²) in [5.41, 5.74) is 2.69. The van der Waals surface area contributed by atoms with Crippen LogP contribution in [0.15, 0.2) is 54.6 Å². The molecular weight excluding hydrogens is 348 g/mol. The molecule has 3 nitrogen and oxygen atoms in total. The number of carbonyl (C=O) groups excluding carboxylic acids is 1. The lowest BCUT2D eigenvalue weighted by Gasteiger charge is -2.22. The van der Waals surface area contributed by atoms with Gasteiger partial charge in [0, 0.05) is 11.1 Å². The molecule has 3 heteroatoms. The average Bonchev–Trinajstić information content (AvgIpc) is 2.77. The predicted molar refractivity (Wildman–Crippen MR) is 113 cm³/mol. The molecule has 0 spiro atoms. The van der Waals surface area contributed by atoms with Crippen LogP contribution in [0.4, 0.5) is 0 Å². The highest BCUT2D eigenvalue weighted by molar-refractivity contribution is 5.90. The fourth-order valence-corrected chi connectivity index (χ4v) is 4.05. The largest absolute Gasteiger partial charge is 0.497 e. The third kappa shape index (κ3) is 4.04. The molecule has 3 aromatic rings. The third-order valence-corrected chi connectivity index (χ3v) is 5.70. The van der Waals surface area contributed by atoms with Gasteiger partial charge < -0.3 is 9.47 Å². The molecule has 0 amide bonds. The molecule has 0 aromatic heterocycles. The highest BCUT2D eigenvalue weighted by Gasteiger charge is 2.16. The van der Waals surface area contributed by atoms with Crippen LogP contribution in [0.3, 0.4) is 0 Å². The van der Waals surface area contributed by atoms with Crippen molar-refractivity contribution >= 4 is 17.1 Å². The Hall–Kier alpha value is -2.81. The normalized spacial score (nSPS) is 14.8. The van der Waals surface area contributed by atoms with Crippen molar-refractivity contribution < 1.29 is 14.3 Å². The molecule has 3 aromatic carbocycles. The van der Waals surface area contributed by atoms with Crippen molar-refractivity contribution in [1.82, 2.24) is 0 Å². The standard InChI is InChI=1S/C25H26O3/c1-27-23-11-10-20-14-22(9-8-21(20)15-23)24-13-19(16-26)7-12-25(24)28-17-18-5-3-2-4-6-18/h7-16,18H,2-6,17H2,1H3. The number of hydrogen-bond donors (Lipinski definition) is 0. The maximum Gasteiger partial charge on any atom is 0.150 e. The molecule has 0 unspecified atom stereocenters. The Morgan fingerprint density at radius 3 is 2.50 bits per heavy atom. The number of carbonyl (C=O) groups is 1. The summed E-state index contributed by atoms with van der Waals surface area (Å²) >= 11 is 0. The zero-order valence-electron chi connectivity index (χ0n) is 16.3. The van der Waals surface area contributed by atoms with E-state index in [1.54, 1.807) is 7.11 Å². The van der Waals surface area contributed by atoms with Crippen LogP contribution >= 0.6 is 0 Å². The molecule has 0 N–H and O–H groups in total. The Morgan fingerprint density at radius 1 is 0.929 bits per heavy atom. The average molecular weight is 374 g/mol. The van der Waals surface area contributed by atoms with Gasteiger partial charge in [-0.3, -0.25) is 4.79 Å². The zero-order chi connectivity index (χ0) is 19.3. The molecule has 0 heterocycles. The molecule has 1 fully saturated rings. The van der Waals surface area contributed by atoms with Gasteiger partial charge in [-0.15, -0.1) is 0 Å². The van der Waals surface area contributed by atoms with Gasteiger partial charge in [-0.1, -0.05) is 37.5 Å². The first-order valence-electron chi connectivity index (χ1n) is 10.1. The van der Waals surface area contributed by atoms with Crippen molar-refractivity contribution in [3.05, 3.63) is 60.2 Å². The van der Waals surface area contributed by atoms with Crippen molar-refractivity contribution in [1.29, 1.82) is 0 Å². The van der Waals surface area contributed by atoms with Gasteiger partial charge in [-0.2, -0.15) is 0 Å². The SMILES string of the molecule is COc1ccc2cc(-c3cc(C=O)ccc3OCC3CCCCC3)ccc2c1. The van der Waals surface area contributed by atoms with E-state index in [9.17, 15) is 4.79 Å². The molecule has 1 aliphatic rings. The second-order valence-electron chi connectivity index (χ2n) is 7.62. The number of methoxy groups -OCH3 is 1. The van der Waals surface area contributed by atoms with E-state index in [0.29, 0.717) is 11.5 Å². The van der Waals surface area contributed by atoms with Crippen LogP contribution in [0, 0.1) is 5.92 Å². The van der Waals surface area contributed by atoms with Gasteiger partial charge in [-0.05, 0) is 71.5 Å². The van der Waals surface area contributed by atoms with Gasteiger partial charge in [0.1, 0.15) is 17.8 Å². The van der Waals surface area contributed by atoms with E-state index in [2.05, 4.69) is 24.3 Å². The molecule has 28 heavy (non-hydrogen) atoms. The van der Waals surface area contributed by atoms with Gasteiger partial charge in [-0.25, -0.2) is 0 Å². The van der Waals surface area contributed by atoms with Gasteiger partial charge in [0.2, 0.25) is 0 Å². The summed E-state index contributed by atoms with van der Waals surface area (Å²) in [7, 11) is 1.68. The van der Waals surface area contributed by atoms with Crippen molar-refractivity contribution in [2.24, 2.45) is 5.92 Å². The van der Waals surface area contributed by atoms with Crippen LogP contribution in [0.5, 0.6) is 11.5 Å². The van der Waals surface area contributed by atoms with Crippen LogP contribution in [-0.2, 0) is 0 Å². The lowest BCUT2D eigenvalue weighted by molar-refractivity contribution is 0.112. The van der Waals surface area contributed by atoms with Crippen LogP contribution in [0.25, 0.3) is 21.9 Å². The Bertz CT molecular complexity index is 971. The van der Waals surface area contributed by atoms with Crippen molar-refractivity contribution in [3.8, 4) is 22.6 Å². The highest BCUT2D eigenvalue weighted by Crippen LogP contribution is 2.34. The van der Waals surface area contributed by atoms with Gasteiger partial charge in [0.05, 0.1) is 13.7 Å². The number of fused-ring (bicyclic) bond motifs is 1. The lowest BCUT2D eigenvalue weighted by Crippen LogP contribution is -2.15. The topological polar surface area (TPSA) is 35.5 Å². The molecule has 4 rings (SSSR count). The Balaban J connectivity index is 1.66. The summed E-state index contributed by atoms with van der Waals surface area (Å²) in [6.07, 6.45) is 7.34. The Morgan fingerprint density at radius 2 is 1.71 bits per heavy atom. The number of rotatable bonds is 6. The fraction of sp³-hybridized carbons (Fsp3) is 0.320. The minimum absolute atomic E-state index is 0.636. The summed E-state index contributed by atoms with van der Waals surface area (Å²) in [5, 5.41) is 2.26. The van der Waals surface area contributed by atoms with E-state index in [4.69, 9.17) is 9.47 Å². The van der Waals surface area contributed by atoms with E-state index >= 15 is 0 Å². The number of ether oxygens (including phenoxy) is 2. The minimum atomic E-state index is 0.636. The number of aldehydes is 1. The predicted octanol–water partition coefficient (Wildman–Crippen LogP) is 6.29. The number of hydrogen-bond acceptors (Lipinski definition) is 3. The molecule has 1 aliphatic carbocycles. The van der Waals surface area contributed by atoms with Gasteiger partial charge >= 0.3 is 0 Å². The van der Waals surface area contributed by atoms with E-state index in [-0.39, 0.29) is 0 Å². The molecule has 0 aliphatic heterocycles. The van der Waals surface area contributed by atoms with Crippen LogP contribution < -0.4 is 9.47 Å². The maximum absolute atomic E-state index is 11.3. The summed E-state index contributed by atoms with van der Waals surface area (Å²) in [6.45, 7) is 0.748. The van der Waals surface area contributed by atoms with Gasteiger partial charge in [0.15, 0.2) is 0 Å². The molecule has 0 atom stereocenters.